The van der Waals surface area contributed by atoms with Gasteiger partial charge >= 0.3 is 5.97 Å². The molecule has 6 heteroatoms. The first-order valence-electron chi connectivity index (χ1n) is 6.46. The summed E-state index contributed by atoms with van der Waals surface area (Å²) in [6.45, 7) is 1.80. The zero-order valence-electron chi connectivity index (χ0n) is 10.1. The van der Waals surface area contributed by atoms with Crippen LogP contribution < -0.4 is 0 Å². The van der Waals surface area contributed by atoms with Crippen LogP contribution in [-0.2, 0) is 23.7 Å². The number of ether oxygens (including phenoxy) is 4. The van der Waals surface area contributed by atoms with Crippen LogP contribution >= 0.6 is 0 Å². The van der Waals surface area contributed by atoms with Crippen molar-refractivity contribution in [1.29, 1.82) is 0 Å². The molecule has 0 saturated carbocycles. The summed E-state index contributed by atoms with van der Waals surface area (Å²) < 4.78 is 22.2. The van der Waals surface area contributed by atoms with Gasteiger partial charge in [-0.05, 0) is 32.6 Å². The molecule has 18 heavy (non-hydrogen) atoms. The molecule has 4 aliphatic heterocycles. The zero-order chi connectivity index (χ0) is 12.5. The molecule has 100 valence electrons. The quantitative estimate of drug-likeness (QED) is 0.730. The van der Waals surface area contributed by atoms with E-state index in [0.717, 1.165) is 6.42 Å². The number of rotatable bonds is 2. The predicted octanol–water partition coefficient (Wildman–Crippen LogP) is 0.639. The maximum atomic E-state index is 11.7. The van der Waals surface area contributed by atoms with Crippen LogP contribution in [-0.4, -0.2) is 47.1 Å². The first-order valence-corrected chi connectivity index (χ1v) is 6.46. The van der Waals surface area contributed by atoms with Gasteiger partial charge < -0.3 is 24.1 Å². The minimum Gasteiger partial charge on any atom is -0.479 e. The number of hydrogen-bond acceptors (Lipinski definition) is 5. The highest BCUT2D eigenvalue weighted by Crippen LogP contribution is 2.52. The Morgan fingerprint density at radius 2 is 2.06 bits per heavy atom. The molecule has 0 bridgehead atoms. The molecule has 0 spiro atoms. The molecule has 0 aromatic rings. The van der Waals surface area contributed by atoms with Gasteiger partial charge in [0.2, 0.25) is 0 Å². The summed E-state index contributed by atoms with van der Waals surface area (Å²) in [5.41, 5.74) is -1.28. The molecular weight excluding hydrogens is 240 g/mol. The van der Waals surface area contributed by atoms with Gasteiger partial charge in [0, 0.05) is 0 Å². The van der Waals surface area contributed by atoms with E-state index in [1.807, 2.05) is 0 Å². The fraction of sp³-hybridized carbons (Fsp3) is 0.917. The lowest BCUT2D eigenvalue weighted by atomic mass is 9.83. The molecule has 0 amide bonds. The molecule has 6 unspecified atom stereocenters. The van der Waals surface area contributed by atoms with Crippen molar-refractivity contribution < 1.29 is 28.8 Å². The normalized spacial score (nSPS) is 57.4. The summed E-state index contributed by atoms with van der Waals surface area (Å²) in [5, 5.41) is 9.59. The fourth-order valence-electron chi connectivity index (χ4n) is 3.27. The monoisotopic (exact) mass is 256 g/mol. The second-order valence-corrected chi connectivity index (χ2v) is 5.70. The van der Waals surface area contributed by atoms with Crippen molar-refractivity contribution in [1.82, 2.24) is 0 Å². The van der Waals surface area contributed by atoms with Crippen molar-refractivity contribution in [2.45, 2.75) is 68.6 Å². The molecule has 4 saturated heterocycles. The number of epoxide rings is 2. The lowest BCUT2D eigenvalue weighted by Crippen LogP contribution is -2.58. The molecule has 4 fully saturated rings. The third-order valence-corrected chi connectivity index (χ3v) is 4.50. The average molecular weight is 256 g/mol. The van der Waals surface area contributed by atoms with Crippen LogP contribution in [0.25, 0.3) is 0 Å². The van der Waals surface area contributed by atoms with Gasteiger partial charge in [0.25, 0.3) is 0 Å². The summed E-state index contributed by atoms with van der Waals surface area (Å²) >= 11 is 0. The Bertz CT molecular complexity index is 411. The first kappa shape index (κ1) is 11.2. The molecule has 4 rings (SSSR count). The first-order chi connectivity index (χ1) is 8.53. The number of hydrogen-bond donors (Lipinski definition) is 1. The van der Waals surface area contributed by atoms with E-state index in [2.05, 4.69) is 0 Å². The lowest BCUT2D eigenvalue weighted by molar-refractivity contribution is -0.235. The van der Waals surface area contributed by atoms with E-state index < -0.39 is 23.5 Å². The SMILES string of the molecule is CC12OC1CCC(C(=O)O)(C1CCC3OC3O1)O2. The van der Waals surface area contributed by atoms with Gasteiger partial charge in [-0.3, -0.25) is 0 Å². The Hall–Kier alpha value is -0.690. The molecule has 0 aromatic carbocycles. The zero-order valence-corrected chi connectivity index (χ0v) is 10.1. The molecule has 0 aromatic heterocycles. The number of carbonyl (C=O) groups is 1. The Balaban J connectivity index is 1.61. The Kier molecular flexibility index (Phi) is 2.01. The summed E-state index contributed by atoms with van der Waals surface area (Å²) in [5.74, 6) is -1.69. The number of fused-ring (bicyclic) bond motifs is 2. The average Bonchev–Trinajstić information content (AvgIpc) is 3.20. The standard InChI is InChI=1S/C12H16O6/c1-11-7(17-11)4-5-12(18-11,10(13)14)8-3-2-6-9(15-6)16-8/h6-9H,2-5H2,1H3,(H,13,14). The number of aliphatic carboxylic acids is 1. The van der Waals surface area contributed by atoms with Gasteiger partial charge in [-0.2, -0.15) is 0 Å². The van der Waals surface area contributed by atoms with E-state index in [-0.39, 0.29) is 18.5 Å². The number of carboxylic acids is 1. The minimum absolute atomic E-state index is 0.0403. The van der Waals surface area contributed by atoms with Crippen molar-refractivity contribution in [3.8, 4) is 0 Å². The van der Waals surface area contributed by atoms with E-state index >= 15 is 0 Å². The fourth-order valence-corrected chi connectivity index (χ4v) is 3.27. The summed E-state index contributed by atoms with van der Waals surface area (Å²) in [4.78, 5) is 11.7. The van der Waals surface area contributed by atoms with E-state index in [0.29, 0.717) is 19.3 Å². The van der Waals surface area contributed by atoms with Crippen molar-refractivity contribution in [2.75, 3.05) is 0 Å². The van der Waals surface area contributed by atoms with Crippen LogP contribution in [0.2, 0.25) is 0 Å². The van der Waals surface area contributed by atoms with E-state index in [1.165, 1.54) is 0 Å². The topological polar surface area (TPSA) is 80.8 Å². The third kappa shape index (κ3) is 1.40. The maximum Gasteiger partial charge on any atom is 0.338 e. The van der Waals surface area contributed by atoms with Crippen molar-refractivity contribution in [2.24, 2.45) is 0 Å². The summed E-state index contributed by atoms with van der Waals surface area (Å²) in [6, 6.07) is 0. The van der Waals surface area contributed by atoms with Crippen molar-refractivity contribution in [3.05, 3.63) is 0 Å². The van der Waals surface area contributed by atoms with Crippen LogP contribution in [0.15, 0.2) is 0 Å². The molecule has 0 aliphatic carbocycles. The van der Waals surface area contributed by atoms with Gasteiger partial charge in [0.05, 0.1) is 0 Å². The highest BCUT2D eigenvalue weighted by Gasteiger charge is 2.67. The highest BCUT2D eigenvalue weighted by molar-refractivity contribution is 5.79. The molecule has 6 atom stereocenters. The van der Waals surface area contributed by atoms with Crippen LogP contribution in [0.4, 0.5) is 0 Å². The molecule has 4 aliphatic rings. The Labute approximate surface area is 104 Å². The maximum absolute atomic E-state index is 11.7. The minimum atomic E-state index is -1.28. The second kappa shape index (κ2) is 3.25. The van der Waals surface area contributed by atoms with E-state index in [1.54, 1.807) is 6.92 Å². The molecular formula is C12H16O6. The van der Waals surface area contributed by atoms with Crippen LogP contribution in [0, 0.1) is 0 Å². The van der Waals surface area contributed by atoms with Crippen LogP contribution in [0.3, 0.4) is 0 Å². The summed E-state index contributed by atoms with van der Waals surface area (Å²) in [6.07, 6.45) is 2.18. The molecule has 0 radical (unpaired) electrons. The van der Waals surface area contributed by atoms with Gasteiger partial charge in [-0.15, -0.1) is 0 Å². The van der Waals surface area contributed by atoms with Crippen molar-refractivity contribution in [3.63, 3.8) is 0 Å². The van der Waals surface area contributed by atoms with Gasteiger partial charge in [-0.25, -0.2) is 4.79 Å². The Morgan fingerprint density at radius 1 is 1.22 bits per heavy atom. The largest absolute Gasteiger partial charge is 0.479 e. The highest BCUT2D eigenvalue weighted by atomic mass is 16.8. The van der Waals surface area contributed by atoms with Crippen molar-refractivity contribution >= 4 is 5.97 Å². The van der Waals surface area contributed by atoms with Gasteiger partial charge in [0.1, 0.15) is 18.3 Å². The second-order valence-electron chi connectivity index (χ2n) is 5.70. The lowest BCUT2D eigenvalue weighted by Gasteiger charge is -2.40. The summed E-state index contributed by atoms with van der Waals surface area (Å²) in [7, 11) is 0. The van der Waals surface area contributed by atoms with Gasteiger partial charge in [-0.1, -0.05) is 0 Å². The van der Waals surface area contributed by atoms with E-state index in [9.17, 15) is 9.90 Å². The van der Waals surface area contributed by atoms with Crippen LogP contribution in [0.5, 0.6) is 0 Å². The van der Waals surface area contributed by atoms with E-state index in [4.69, 9.17) is 18.9 Å². The van der Waals surface area contributed by atoms with Gasteiger partial charge in [0.15, 0.2) is 17.7 Å². The number of carboxylic acid groups (broad SMARTS) is 1. The molecule has 6 nitrogen and oxygen atoms in total. The third-order valence-electron chi connectivity index (χ3n) is 4.50. The molecule has 1 N–H and O–H groups in total. The Morgan fingerprint density at radius 3 is 2.72 bits per heavy atom. The smallest absolute Gasteiger partial charge is 0.338 e. The molecule has 4 heterocycles. The predicted molar refractivity (Wildman–Crippen MR) is 56.7 cm³/mol. The van der Waals surface area contributed by atoms with Crippen LogP contribution in [0.1, 0.15) is 32.6 Å².